The van der Waals surface area contributed by atoms with Crippen LogP contribution in [0, 0.1) is 0 Å². The topological polar surface area (TPSA) is 61.7 Å². The lowest BCUT2D eigenvalue weighted by molar-refractivity contribution is -0.172. The maximum Gasteiger partial charge on any atom is 0.416 e. The number of carbonyl (C=O) groups is 2. The highest BCUT2D eigenvalue weighted by Crippen LogP contribution is 2.45. The second kappa shape index (κ2) is 10.1. The van der Waals surface area contributed by atoms with Crippen molar-refractivity contribution in [2.45, 2.75) is 68.0 Å². The van der Waals surface area contributed by atoms with E-state index in [9.17, 15) is 40.3 Å². The van der Waals surface area contributed by atoms with E-state index in [1.807, 2.05) is 0 Å². The van der Waals surface area contributed by atoms with Gasteiger partial charge in [0.05, 0.1) is 42.1 Å². The molecule has 0 spiro atoms. The normalized spacial score (nSPS) is 24.5. The molecule has 2 aromatic rings. The van der Waals surface area contributed by atoms with Gasteiger partial charge in [0.15, 0.2) is 0 Å². The summed E-state index contributed by atoms with van der Waals surface area (Å²) in [7, 11) is 0. The third-order valence-electron chi connectivity index (χ3n) is 8.88. The van der Waals surface area contributed by atoms with Crippen molar-refractivity contribution in [1.82, 2.24) is 24.5 Å². The van der Waals surface area contributed by atoms with Crippen molar-refractivity contribution >= 4 is 11.9 Å². The minimum atomic E-state index is -4.49. The molecule has 3 amide bonds. The first-order chi connectivity index (χ1) is 19.8. The second-order valence-corrected chi connectivity index (χ2v) is 11.7. The molecule has 3 aliphatic heterocycles. The van der Waals surface area contributed by atoms with Crippen LogP contribution in [0.2, 0.25) is 0 Å². The molecule has 1 aromatic carbocycles. The predicted molar refractivity (Wildman–Crippen MR) is 136 cm³/mol. The molecular weight excluding hydrogens is 571 g/mol. The number of aromatic nitrogens is 2. The van der Waals surface area contributed by atoms with Crippen molar-refractivity contribution in [3.8, 4) is 0 Å². The molecule has 7 nitrogen and oxygen atoms in total. The van der Waals surface area contributed by atoms with Crippen molar-refractivity contribution in [2.24, 2.45) is 0 Å². The zero-order chi connectivity index (χ0) is 30.0. The number of benzene rings is 1. The Morgan fingerprint density at radius 1 is 0.810 bits per heavy atom. The number of nitrogens with zero attached hydrogens (tertiary/aromatic N) is 5. The lowest BCUT2D eigenvalue weighted by atomic mass is 9.93. The van der Waals surface area contributed by atoms with Crippen LogP contribution in [0.25, 0.3) is 0 Å². The fourth-order valence-electron chi connectivity index (χ4n) is 6.47. The molecule has 4 fully saturated rings. The highest BCUT2D eigenvalue weighted by Gasteiger charge is 2.64. The van der Waals surface area contributed by atoms with Gasteiger partial charge in [0, 0.05) is 38.0 Å². The third kappa shape index (κ3) is 5.10. The average Bonchev–Trinajstić information content (AvgIpc) is 3.39. The Hall–Kier alpha value is -3.32. The first-order valence-electron chi connectivity index (χ1n) is 14.1. The van der Waals surface area contributed by atoms with Gasteiger partial charge in [-0.3, -0.25) is 9.48 Å². The molecular formula is C28H30F7N5O2. The van der Waals surface area contributed by atoms with Crippen LogP contribution >= 0.6 is 0 Å². The summed E-state index contributed by atoms with van der Waals surface area (Å²) >= 11 is 0. The Bertz CT molecular complexity index is 1350. The Morgan fingerprint density at radius 3 is 2.05 bits per heavy atom. The predicted octanol–water partition coefficient (Wildman–Crippen LogP) is 5.75. The summed E-state index contributed by atoms with van der Waals surface area (Å²) in [6.45, 7) is -1.84. The summed E-state index contributed by atoms with van der Waals surface area (Å²) in [6.07, 6.45) is -0.0432. The molecule has 1 aromatic heterocycles. The molecule has 0 bridgehead atoms. The van der Waals surface area contributed by atoms with Gasteiger partial charge in [-0.1, -0.05) is 18.2 Å². The quantitative estimate of drug-likeness (QED) is 0.420. The van der Waals surface area contributed by atoms with Gasteiger partial charge >= 0.3 is 24.1 Å². The molecule has 14 heteroatoms. The summed E-state index contributed by atoms with van der Waals surface area (Å²) in [4.78, 5) is 29.7. The SMILES string of the molecule is O=C(c1cnn(C2CCN(C(=O)N3CC(F)(F)C(F)(F)C3)CC2)c1C1CC1)N1CC[C@@H](c2ccccc2C(F)(F)F)C1. The fraction of sp³-hybridized carbons (Fsp3) is 0.607. The van der Waals surface area contributed by atoms with Gasteiger partial charge in [0.25, 0.3) is 5.91 Å². The lowest BCUT2D eigenvalue weighted by Crippen LogP contribution is -2.47. The molecule has 1 saturated carbocycles. The molecule has 42 heavy (non-hydrogen) atoms. The molecule has 1 aliphatic carbocycles. The van der Waals surface area contributed by atoms with Crippen LogP contribution in [0.15, 0.2) is 30.5 Å². The van der Waals surface area contributed by atoms with Gasteiger partial charge in [-0.2, -0.15) is 35.8 Å². The molecule has 0 radical (unpaired) electrons. The van der Waals surface area contributed by atoms with Crippen LogP contribution in [-0.4, -0.2) is 87.5 Å². The molecule has 1 atom stereocenters. The van der Waals surface area contributed by atoms with Crippen LogP contribution in [-0.2, 0) is 6.18 Å². The molecule has 228 valence electrons. The molecule has 4 aliphatic rings. The van der Waals surface area contributed by atoms with Gasteiger partial charge in [0.2, 0.25) is 0 Å². The first-order valence-corrected chi connectivity index (χ1v) is 14.1. The van der Waals surface area contributed by atoms with Crippen molar-refractivity contribution in [1.29, 1.82) is 0 Å². The van der Waals surface area contributed by atoms with E-state index in [-0.39, 0.29) is 43.1 Å². The van der Waals surface area contributed by atoms with Gasteiger partial charge in [0.1, 0.15) is 0 Å². The zero-order valence-corrected chi connectivity index (χ0v) is 22.6. The summed E-state index contributed by atoms with van der Waals surface area (Å²) in [5, 5.41) is 4.51. The maximum atomic E-state index is 13.6. The number of alkyl halides is 7. The van der Waals surface area contributed by atoms with Crippen LogP contribution in [0.3, 0.4) is 0 Å². The Kier molecular flexibility index (Phi) is 6.95. The van der Waals surface area contributed by atoms with E-state index in [0.29, 0.717) is 36.3 Å². The number of hydrogen-bond acceptors (Lipinski definition) is 3. The zero-order valence-electron chi connectivity index (χ0n) is 22.6. The molecule has 6 rings (SSSR count). The standard InChI is InChI=1S/C28H30F7N5O2/c29-26(30)15-39(16-27(26,31)32)25(42)37-11-8-19(9-12-37)40-23(17-5-6-17)21(13-36-40)24(41)38-10-7-18(14-38)20-3-1-2-4-22(20)28(33,34)35/h1-4,13,17-19H,5-12,14-16H2/t18-/m1/s1. The van der Waals surface area contributed by atoms with E-state index in [1.54, 1.807) is 15.6 Å². The molecule has 4 heterocycles. The van der Waals surface area contributed by atoms with Crippen molar-refractivity contribution in [3.63, 3.8) is 0 Å². The van der Waals surface area contributed by atoms with Gasteiger partial charge < -0.3 is 14.7 Å². The van der Waals surface area contributed by atoms with Crippen LogP contribution in [0.4, 0.5) is 35.5 Å². The number of carbonyl (C=O) groups excluding carboxylic acids is 2. The molecule has 0 N–H and O–H groups in total. The average molecular weight is 602 g/mol. The molecule has 3 saturated heterocycles. The number of urea groups is 1. The Morgan fingerprint density at radius 2 is 1.43 bits per heavy atom. The van der Waals surface area contributed by atoms with Gasteiger partial charge in [-0.25, -0.2) is 4.79 Å². The second-order valence-electron chi connectivity index (χ2n) is 11.7. The number of piperidine rings is 1. The monoisotopic (exact) mass is 601 g/mol. The lowest BCUT2D eigenvalue weighted by Gasteiger charge is -2.35. The summed E-state index contributed by atoms with van der Waals surface area (Å²) < 4.78 is 97.0. The summed E-state index contributed by atoms with van der Waals surface area (Å²) in [5.74, 6) is -9.14. The van der Waals surface area contributed by atoms with Gasteiger partial charge in [-0.15, -0.1) is 0 Å². The Labute approximate surface area is 237 Å². The number of hydrogen-bond donors (Lipinski definition) is 0. The van der Waals surface area contributed by atoms with E-state index in [2.05, 4.69) is 5.10 Å². The Balaban J connectivity index is 1.13. The smallest absolute Gasteiger partial charge is 0.338 e. The number of rotatable bonds is 4. The minimum Gasteiger partial charge on any atom is -0.338 e. The minimum absolute atomic E-state index is 0.115. The van der Waals surface area contributed by atoms with E-state index in [1.165, 1.54) is 23.2 Å². The van der Waals surface area contributed by atoms with E-state index in [4.69, 9.17) is 0 Å². The third-order valence-corrected chi connectivity index (χ3v) is 8.88. The van der Waals surface area contributed by atoms with Crippen molar-refractivity contribution < 1.29 is 40.3 Å². The van der Waals surface area contributed by atoms with E-state index >= 15 is 0 Å². The first kappa shape index (κ1) is 28.8. The molecule has 0 unspecified atom stereocenters. The van der Waals surface area contributed by atoms with E-state index < -0.39 is 48.6 Å². The van der Waals surface area contributed by atoms with Gasteiger partial charge in [-0.05, 0) is 43.7 Å². The summed E-state index contributed by atoms with van der Waals surface area (Å²) in [6, 6.07) is 4.41. The van der Waals surface area contributed by atoms with Crippen molar-refractivity contribution in [3.05, 3.63) is 52.8 Å². The fourth-order valence-corrected chi connectivity index (χ4v) is 6.47. The van der Waals surface area contributed by atoms with Crippen LogP contribution in [0.1, 0.15) is 77.2 Å². The van der Waals surface area contributed by atoms with Crippen molar-refractivity contribution in [2.75, 3.05) is 39.3 Å². The van der Waals surface area contributed by atoms with Crippen LogP contribution < -0.4 is 0 Å². The highest BCUT2D eigenvalue weighted by molar-refractivity contribution is 5.95. The maximum absolute atomic E-state index is 13.6. The number of likely N-dealkylation sites (tertiary alicyclic amines) is 3. The highest BCUT2D eigenvalue weighted by atomic mass is 19.4. The number of halogens is 7. The number of amides is 3. The largest absolute Gasteiger partial charge is 0.416 e. The summed E-state index contributed by atoms with van der Waals surface area (Å²) in [5.41, 5.74) is 0.680. The van der Waals surface area contributed by atoms with Crippen LogP contribution in [0.5, 0.6) is 0 Å². The van der Waals surface area contributed by atoms with E-state index in [0.717, 1.165) is 24.6 Å².